The minimum Gasteiger partial charge on any atom is -0.496 e. The molecule has 0 saturated carbocycles. The third kappa shape index (κ3) is 5.12. The highest BCUT2D eigenvalue weighted by molar-refractivity contribution is 7.80. The molecule has 0 atom stereocenters. The fourth-order valence-electron chi connectivity index (χ4n) is 2.07. The number of hydrazine groups is 1. The molecule has 0 fully saturated rings. The molecule has 0 bridgehead atoms. The van der Waals surface area contributed by atoms with Crippen molar-refractivity contribution in [3.05, 3.63) is 54.1 Å². The molecule has 2 aromatic carbocycles. The molecule has 2 rings (SSSR count). The molecule has 6 heteroatoms. The first-order chi connectivity index (χ1) is 11.2. The zero-order valence-electron chi connectivity index (χ0n) is 13.3. The Morgan fingerprint density at radius 2 is 1.74 bits per heavy atom. The summed E-state index contributed by atoms with van der Waals surface area (Å²) in [6, 6.07) is 15.5. The van der Waals surface area contributed by atoms with E-state index in [9.17, 15) is 0 Å². The molecular formula is C17H21N3O2S. The van der Waals surface area contributed by atoms with Crippen LogP contribution in [0.2, 0.25) is 0 Å². The van der Waals surface area contributed by atoms with Crippen LogP contribution in [0.15, 0.2) is 48.5 Å². The number of nitrogens with one attached hydrogen (secondary N) is 3. The Kier molecular flexibility index (Phi) is 6.65. The van der Waals surface area contributed by atoms with Gasteiger partial charge in [0.1, 0.15) is 11.5 Å². The van der Waals surface area contributed by atoms with E-state index in [2.05, 4.69) is 16.2 Å². The van der Waals surface area contributed by atoms with Crippen LogP contribution in [0, 0.1) is 0 Å². The standard InChI is InChI=1S/C17H21N3O2S/c1-3-22-16-11-7-5-9-14(16)19-17(23)20-18-12-13-8-4-6-10-15(13)21-2/h4-11,18H,3,12H2,1-2H3,(H2,19,20,23). The van der Waals surface area contributed by atoms with Crippen LogP contribution in [0.4, 0.5) is 5.69 Å². The minimum absolute atomic E-state index is 0.465. The fourth-order valence-corrected chi connectivity index (χ4v) is 2.26. The molecule has 0 spiro atoms. The summed E-state index contributed by atoms with van der Waals surface area (Å²) >= 11 is 5.28. The van der Waals surface area contributed by atoms with Gasteiger partial charge in [-0.2, -0.15) is 0 Å². The number of benzene rings is 2. The van der Waals surface area contributed by atoms with Crippen LogP contribution in [-0.2, 0) is 6.54 Å². The van der Waals surface area contributed by atoms with E-state index < -0.39 is 0 Å². The highest BCUT2D eigenvalue weighted by atomic mass is 32.1. The van der Waals surface area contributed by atoms with Crippen molar-refractivity contribution in [2.75, 3.05) is 19.0 Å². The number of para-hydroxylation sites is 3. The maximum Gasteiger partial charge on any atom is 0.185 e. The molecule has 0 unspecified atom stereocenters. The Morgan fingerprint density at radius 3 is 2.48 bits per heavy atom. The summed E-state index contributed by atoms with van der Waals surface area (Å²) in [6.07, 6.45) is 0. The van der Waals surface area contributed by atoms with E-state index in [4.69, 9.17) is 21.7 Å². The van der Waals surface area contributed by atoms with E-state index >= 15 is 0 Å². The normalized spacial score (nSPS) is 10.0. The summed E-state index contributed by atoms with van der Waals surface area (Å²) in [5.41, 5.74) is 7.90. The van der Waals surface area contributed by atoms with E-state index in [1.807, 2.05) is 55.5 Å². The minimum atomic E-state index is 0.465. The summed E-state index contributed by atoms with van der Waals surface area (Å²) in [5, 5.41) is 3.58. The summed E-state index contributed by atoms with van der Waals surface area (Å²) in [4.78, 5) is 0. The summed E-state index contributed by atoms with van der Waals surface area (Å²) in [6.45, 7) is 3.13. The SMILES string of the molecule is CCOc1ccccc1NC(=S)NNCc1ccccc1OC. The summed E-state index contributed by atoms with van der Waals surface area (Å²) in [5.74, 6) is 1.60. The lowest BCUT2D eigenvalue weighted by atomic mass is 10.2. The summed E-state index contributed by atoms with van der Waals surface area (Å²) in [7, 11) is 1.66. The van der Waals surface area contributed by atoms with Gasteiger partial charge in [-0.3, -0.25) is 5.43 Å². The summed E-state index contributed by atoms with van der Waals surface area (Å²) < 4.78 is 10.9. The quantitative estimate of drug-likeness (QED) is 0.535. The van der Waals surface area contributed by atoms with Gasteiger partial charge >= 0.3 is 0 Å². The highest BCUT2D eigenvalue weighted by Crippen LogP contribution is 2.23. The van der Waals surface area contributed by atoms with Gasteiger partial charge in [0.2, 0.25) is 0 Å². The molecule has 0 saturated heterocycles. The maximum absolute atomic E-state index is 5.56. The van der Waals surface area contributed by atoms with Crippen LogP contribution >= 0.6 is 12.2 Å². The average Bonchev–Trinajstić information content (AvgIpc) is 2.57. The Balaban J connectivity index is 1.86. The average molecular weight is 331 g/mol. The van der Waals surface area contributed by atoms with Crippen molar-refractivity contribution in [2.45, 2.75) is 13.5 Å². The number of ether oxygens (including phenoxy) is 2. The van der Waals surface area contributed by atoms with Crippen LogP contribution in [0.3, 0.4) is 0 Å². The molecular weight excluding hydrogens is 310 g/mol. The molecule has 0 radical (unpaired) electrons. The Bertz CT molecular complexity index is 649. The van der Waals surface area contributed by atoms with Gasteiger partial charge in [-0.15, -0.1) is 0 Å². The van der Waals surface area contributed by atoms with Gasteiger partial charge in [0.05, 0.1) is 19.4 Å². The van der Waals surface area contributed by atoms with Crippen molar-refractivity contribution >= 4 is 23.0 Å². The van der Waals surface area contributed by atoms with Gasteiger partial charge in [-0.1, -0.05) is 30.3 Å². The molecule has 3 N–H and O–H groups in total. The van der Waals surface area contributed by atoms with E-state index in [1.165, 1.54) is 0 Å². The molecule has 0 amide bonds. The molecule has 0 aromatic heterocycles. The Hall–Kier alpha value is -2.31. The van der Waals surface area contributed by atoms with Crippen molar-refractivity contribution in [2.24, 2.45) is 0 Å². The van der Waals surface area contributed by atoms with E-state index in [-0.39, 0.29) is 0 Å². The zero-order valence-corrected chi connectivity index (χ0v) is 14.1. The van der Waals surface area contributed by atoms with Gasteiger partial charge in [0.15, 0.2) is 5.11 Å². The van der Waals surface area contributed by atoms with Crippen molar-refractivity contribution in [3.63, 3.8) is 0 Å². The lowest BCUT2D eigenvalue weighted by Gasteiger charge is -2.15. The molecule has 2 aromatic rings. The first kappa shape index (κ1) is 17.1. The maximum atomic E-state index is 5.56. The van der Waals surface area contributed by atoms with Crippen molar-refractivity contribution < 1.29 is 9.47 Å². The van der Waals surface area contributed by atoms with Gasteiger partial charge in [-0.05, 0) is 37.3 Å². The second kappa shape index (κ2) is 8.97. The molecule has 0 aliphatic heterocycles. The van der Waals surface area contributed by atoms with E-state index in [0.717, 1.165) is 22.7 Å². The van der Waals surface area contributed by atoms with Crippen LogP contribution < -0.4 is 25.6 Å². The van der Waals surface area contributed by atoms with Crippen LogP contribution in [0.25, 0.3) is 0 Å². The lowest BCUT2D eigenvalue weighted by molar-refractivity contribution is 0.342. The number of rotatable bonds is 7. The first-order valence-electron chi connectivity index (χ1n) is 7.38. The fraction of sp³-hybridized carbons (Fsp3) is 0.235. The molecule has 23 heavy (non-hydrogen) atoms. The highest BCUT2D eigenvalue weighted by Gasteiger charge is 2.05. The Morgan fingerprint density at radius 1 is 1.04 bits per heavy atom. The van der Waals surface area contributed by atoms with Crippen molar-refractivity contribution in [3.8, 4) is 11.5 Å². The van der Waals surface area contributed by atoms with Gasteiger partial charge < -0.3 is 14.8 Å². The van der Waals surface area contributed by atoms with E-state index in [0.29, 0.717) is 18.3 Å². The monoisotopic (exact) mass is 331 g/mol. The molecule has 5 nitrogen and oxygen atoms in total. The molecule has 0 aliphatic carbocycles. The first-order valence-corrected chi connectivity index (χ1v) is 7.79. The topological polar surface area (TPSA) is 54.5 Å². The number of methoxy groups -OCH3 is 1. The second-order valence-electron chi connectivity index (χ2n) is 4.67. The lowest BCUT2D eigenvalue weighted by Crippen LogP contribution is -2.39. The molecule has 0 heterocycles. The Labute approximate surface area is 142 Å². The third-order valence-electron chi connectivity index (χ3n) is 3.11. The van der Waals surface area contributed by atoms with E-state index in [1.54, 1.807) is 7.11 Å². The number of thiocarbonyl (C=S) groups is 1. The van der Waals surface area contributed by atoms with Crippen LogP contribution in [0.1, 0.15) is 12.5 Å². The largest absolute Gasteiger partial charge is 0.496 e. The number of hydrogen-bond donors (Lipinski definition) is 3. The van der Waals surface area contributed by atoms with Crippen molar-refractivity contribution in [1.29, 1.82) is 0 Å². The predicted octanol–water partition coefficient (Wildman–Crippen LogP) is 3.09. The van der Waals surface area contributed by atoms with Gasteiger partial charge in [0.25, 0.3) is 0 Å². The smallest absolute Gasteiger partial charge is 0.185 e. The van der Waals surface area contributed by atoms with Gasteiger partial charge in [0, 0.05) is 12.1 Å². The molecule has 122 valence electrons. The van der Waals surface area contributed by atoms with Crippen molar-refractivity contribution in [1.82, 2.24) is 10.9 Å². The number of anilines is 1. The predicted molar refractivity (Wildman–Crippen MR) is 96.8 cm³/mol. The number of hydrogen-bond acceptors (Lipinski definition) is 4. The molecule has 0 aliphatic rings. The van der Waals surface area contributed by atoms with Crippen LogP contribution in [-0.4, -0.2) is 18.8 Å². The third-order valence-corrected chi connectivity index (χ3v) is 3.31. The van der Waals surface area contributed by atoms with Crippen LogP contribution in [0.5, 0.6) is 11.5 Å². The second-order valence-corrected chi connectivity index (χ2v) is 5.08. The zero-order chi connectivity index (χ0) is 16.5. The van der Waals surface area contributed by atoms with Gasteiger partial charge in [-0.25, -0.2) is 5.43 Å².